The van der Waals surface area contributed by atoms with Crippen LogP contribution in [0.2, 0.25) is 0 Å². The Labute approximate surface area is 79.0 Å². The number of hydrogen-bond acceptors (Lipinski definition) is 1. The minimum absolute atomic E-state index is 0.597. The lowest BCUT2D eigenvalue weighted by molar-refractivity contribution is 0.414. The SMILES string of the molecule is COc1ccc2c(c1)CC(C)C=[C]2. The van der Waals surface area contributed by atoms with Crippen molar-refractivity contribution in [2.24, 2.45) is 5.92 Å². The molecule has 1 aromatic carbocycles. The van der Waals surface area contributed by atoms with E-state index in [1.54, 1.807) is 7.11 Å². The Morgan fingerprint density at radius 3 is 3.08 bits per heavy atom. The molecule has 1 aliphatic carbocycles. The molecule has 0 N–H and O–H groups in total. The van der Waals surface area contributed by atoms with Crippen LogP contribution in [0.25, 0.3) is 0 Å². The lowest BCUT2D eigenvalue weighted by Crippen LogP contribution is -2.04. The van der Waals surface area contributed by atoms with Crippen molar-refractivity contribution in [1.82, 2.24) is 0 Å². The predicted molar refractivity (Wildman–Crippen MR) is 52.8 cm³/mol. The third-order valence-electron chi connectivity index (χ3n) is 2.38. The molecular weight excluding hydrogens is 160 g/mol. The van der Waals surface area contributed by atoms with Gasteiger partial charge >= 0.3 is 0 Å². The minimum atomic E-state index is 0.597. The van der Waals surface area contributed by atoms with E-state index < -0.39 is 0 Å². The summed E-state index contributed by atoms with van der Waals surface area (Å²) in [7, 11) is 1.70. The number of ether oxygens (including phenoxy) is 1. The first-order valence-corrected chi connectivity index (χ1v) is 4.56. The first-order chi connectivity index (χ1) is 6.29. The maximum atomic E-state index is 5.18. The monoisotopic (exact) mass is 173 g/mol. The normalized spacial score (nSPS) is 19.7. The molecule has 0 aliphatic heterocycles. The molecule has 0 aromatic heterocycles. The van der Waals surface area contributed by atoms with Gasteiger partial charge in [0.25, 0.3) is 0 Å². The third-order valence-corrected chi connectivity index (χ3v) is 2.38. The lowest BCUT2D eigenvalue weighted by atomic mass is 9.91. The van der Waals surface area contributed by atoms with Crippen LogP contribution in [0.5, 0.6) is 5.75 Å². The summed E-state index contributed by atoms with van der Waals surface area (Å²) in [4.78, 5) is 0. The van der Waals surface area contributed by atoms with Crippen molar-refractivity contribution in [3.8, 4) is 5.75 Å². The number of allylic oxidation sites excluding steroid dienone is 1. The smallest absolute Gasteiger partial charge is 0.119 e. The topological polar surface area (TPSA) is 9.23 Å². The molecule has 0 amide bonds. The summed E-state index contributed by atoms with van der Waals surface area (Å²) in [6.07, 6.45) is 6.51. The van der Waals surface area contributed by atoms with Crippen molar-refractivity contribution < 1.29 is 4.74 Å². The second-order valence-corrected chi connectivity index (χ2v) is 3.52. The van der Waals surface area contributed by atoms with E-state index in [4.69, 9.17) is 4.74 Å². The van der Waals surface area contributed by atoms with Crippen LogP contribution >= 0.6 is 0 Å². The van der Waals surface area contributed by atoms with E-state index in [0.29, 0.717) is 5.92 Å². The average molecular weight is 173 g/mol. The van der Waals surface area contributed by atoms with E-state index in [1.165, 1.54) is 11.1 Å². The van der Waals surface area contributed by atoms with Gasteiger partial charge in [0.2, 0.25) is 0 Å². The van der Waals surface area contributed by atoms with E-state index in [-0.39, 0.29) is 0 Å². The number of rotatable bonds is 1. The second-order valence-electron chi connectivity index (χ2n) is 3.52. The van der Waals surface area contributed by atoms with E-state index in [9.17, 15) is 0 Å². The summed E-state index contributed by atoms with van der Waals surface area (Å²) in [5.41, 5.74) is 2.55. The van der Waals surface area contributed by atoms with E-state index in [0.717, 1.165) is 12.2 Å². The Morgan fingerprint density at radius 1 is 1.46 bits per heavy atom. The molecule has 1 atom stereocenters. The highest BCUT2D eigenvalue weighted by Crippen LogP contribution is 2.24. The molecule has 0 heterocycles. The molecule has 0 saturated heterocycles. The number of benzene rings is 1. The fourth-order valence-corrected chi connectivity index (χ4v) is 1.64. The predicted octanol–water partition coefficient (Wildman–Crippen LogP) is 2.59. The fraction of sp³-hybridized carbons (Fsp3) is 0.333. The number of methoxy groups -OCH3 is 1. The Morgan fingerprint density at radius 2 is 2.31 bits per heavy atom. The van der Waals surface area contributed by atoms with Crippen LogP contribution in [-0.4, -0.2) is 7.11 Å². The summed E-state index contributed by atoms with van der Waals surface area (Å²) >= 11 is 0. The molecule has 13 heavy (non-hydrogen) atoms. The van der Waals surface area contributed by atoms with Gasteiger partial charge in [-0.15, -0.1) is 0 Å². The Hall–Kier alpha value is -1.24. The zero-order valence-electron chi connectivity index (χ0n) is 8.00. The summed E-state index contributed by atoms with van der Waals surface area (Å²) in [6.45, 7) is 2.20. The van der Waals surface area contributed by atoms with Crippen LogP contribution in [0.1, 0.15) is 18.1 Å². The van der Waals surface area contributed by atoms with Crippen LogP contribution in [0.3, 0.4) is 0 Å². The van der Waals surface area contributed by atoms with Crippen molar-refractivity contribution in [3.05, 3.63) is 41.5 Å². The maximum absolute atomic E-state index is 5.18. The molecular formula is C12H13O. The van der Waals surface area contributed by atoms with Gasteiger partial charge in [-0.25, -0.2) is 0 Å². The van der Waals surface area contributed by atoms with Gasteiger partial charge in [0.05, 0.1) is 7.11 Å². The van der Waals surface area contributed by atoms with Gasteiger partial charge in [0.1, 0.15) is 5.75 Å². The molecule has 1 radical (unpaired) electrons. The highest BCUT2D eigenvalue weighted by atomic mass is 16.5. The minimum Gasteiger partial charge on any atom is -0.497 e. The van der Waals surface area contributed by atoms with Crippen LogP contribution in [0.4, 0.5) is 0 Å². The fourth-order valence-electron chi connectivity index (χ4n) is 1.64. The van der Waals surface area contributed by atoms with E-state index in [1.807, 2.05) is 6.07 Å². The molecule has 0 saturated carbocycles. The summed E-state index contributed by atoms with van der Waals surface area (Å²) in [5, 5.41) is 0. The molecule has 1 aromatic rings. The van der Waals surface area contributed by atoms with Crippen molar-refractivity contribution in [1.29, 1.82) is 0 Å². The maximum Gasteiger partial charge on any atom is 0.119 e. The van der Waals surface area contributed by atoms with E-state index >= 15 is 0 Å². The van der Waals surface area contributed by atoms with Gasteiger partial charge in [0, 0.05) is 0 Å². The molecule has 2 rings (SSSR count). The molecule has 1 nitrogen and oxygen atoms in total. The highest BCUT2D eigenvalue weighted by molar-refractivity contribution is 5.41. The largest absolute Gasteiger partial charge is 0.497 e. The van der Waals surface area contributed by atoms with Gasteiger partial charge in [0.15, 0.2) is 0 Å². The van der Waals surface area contributed by atoms with Crippen molar-refractivity contribution >= 4 is 0 Å². The van der Waals surface area contributed by atoms with Crippen molar-refractivity contribution in [3.63, 3.8) is 0 Å². The molecule has 0 fully saturated rings. The lowest BCUT2D eigenvalue weighted by Gasteiger charge is -2.15. The standard InChI is InChI=1S/C12H13O/c1-9-3-4-10-5-6-12(13-2)8-11(10)7-9/h3,5-6,8-9H,7H2,1-2H3. The molecule has 1 unspecified atom stereocenters. The summed E-state index contributed by atoms with van der Waals surface area (Å²) < 4.78 is 5.18. The van der Waals surface area contributed by atoms with Crippen molar-refractivity contribution in [2.45, 2.75) is 13.3 Å². The summed E-state index contributed by atoms with van der Waals surface area (Å²) in [6, 6.07) is 6.15. The van der Waals surface area contributed by atoms with Crippen LogP contribution in [0.15, 0.2) is 24.3 Å². The van der Waals surface area contributed by atoms with Crippen LogP contribution in [0, 0.1) is 12.0 Å². The van der Waals surface area contributed by atoms with Gasteiger partial charge < -0.3 is 4.74 Å². The Kier molecular flexibility index (Phi) is 2.09. The molecule has 1 heteroatoms. The average Bonchev–Trinajstić information content (AvgIpc) is 2.16. The van der Waals surface area contributed by atoms with Crippen LogP contribution in [-0.2, 0) is 6.42 Å². The van der Waals surface area contributed by atoms with Crippen molar-refractivity contribution in [2.75, 3.05) is 7.11 Å². The van der Waals surface area contributed by atoms with Crippen LogP contribution < -0.4 is 4.74 Å². The Bertz CT molecular complexity index is 339. The van der Waals surface area contributed by atoms with Gasteiger partial charge in [-0.3, -0.25) is 0 Å². The number of hydrogen-bond donors (Lipinski definition) is 0. The number of fused-ring (bicyclic) bond motifs is 1. The van der Waals surface area contributed by atoms with Gasteiger partial charge in [-0.05, 0) is 41.7 Å². The molecule has 1 aliphatic rings. The third kappa shape index (κ3) is 1.59. The van der Waals surface area contributed by atoms with E-state index in [2.05, 4.69) is 31.2 Å². The first kappa shape index (κ1) is 8.36. The highest BCUT2D eigenvalue weighted by Gasteiger charge is 2.10. The zero-order valence-corrected chi connectivity index (χ0v) is 8.00. The molecule has 67 valence electrons. The molecule has 0 bridgehead atoms. The zero-order chi connectivity index (χ0) is 9.26. The molecule has 0 spiro atoms. The summed E-state index contributed by atoms with van der Waals surface area (Å²) in [5.74, 6) is 1.54. The van der Waals surface area contributed by atoms with Gasteiger partial charge in [-0.2, -0.15) is 0 Å². The first-order valence-electron chi connectivity index (χ1n) is 4.56. The quantitative estimate of drug-likeness (QED) is 0.634. The second kappa shape index (κ2) is 3.25. The van der Waals surface area contributed by atoms with Gasteiger partial charge in [-0.1, -0.05) is 19.1 Å². The Balaban J connectivity index is 2.40.